The molecule has 0 spiro atoms. The largest absolute Gasteiger partial charge is 0.435 e. The first kappa shape index (κ1) is 21.9. The number of halogens is 10. The molecule has 0 nitrogen and oxygen atoms in total. The molecule has 0 N–H and O–H groups in total. The predicted octanol–water partition coefficient (Wildman–Crippen LogP) is 7.56. The van der Waals surface area contributed by atoms with E-state index in [9.17, 15) is 35.1 Å². The van der Waals surface area contributed by atoms with E-state index in [1.165, 1.54) is 6.92 Å². The van der Waals surface area contributed by atoms with Gasteiger partial charge in [0.1, 0.15) is 5.82 Å². The normalized spacial score (nSPS) is 13.1. The van der Waals surface area contributed by atoms with Gasteiger partial charge in [-0.05, 0) is 46.1 Å². The molecule has 0 aliphatic rings. The monoisotopic (exact) mass is 479 g/mol. The van der Waals surface area contributed by atoms with Crippen LogP contribution in [0.1, 0.15) is 18.1 Å². The molecule has 0 atom stereocenters. The summed E-state index contributed by atoms with van der Waals surface area (Å²) in [5, 5.41) is -0.485. The third kappa shape index (κ3) is 3.81. The van der Waals surface area contributed by atoms with Crippen LogP contribution >= 0.6 is 27.5 Å². The van der Waals surface area contributed by atoms with Gasteiger partial charge >= 0.3 is 18.0 Å². The van der Waals surface area contributed by atoms with Crippen LogP contribution in [0.4, 0.5) is 35.1 Å². The molecule has 1 radical (unpaired) electrons. The smallest absolute Gasteiger partial charge is 0.218 e. The lowest BCUT2D eigenvalue weighted by atomic mass is 9.85. The minimum Gasteiger partial charge on any atom is -0.218 e. The Morgan fingerprint density at radius 3 is 2.00 bits per heavy atom. The Bertz CT molecular complexity index is 843. The average molecular weight is 481 g/mol. The Morgan fingerprint density at radius 1 is 1.00 bits per heavy atom. The van der Waals surface area contributed by atoms with E-state index in [2.05, 4.69) is 22.0 Å². The third-order valence-corrected chi connectivity index (χ3v) is 4.72. The molecule has 2 aromatic rings. The lowest BCUT2D eigenvalue weighted by molar-refractivity contribution is -0.348. The molecule has 0 aliphatic carbocycles. The van der Waals surface area contributed by atoms with Crippen LogP contribution in [0, 0.1) is 11.9 Å². The van der Waals surface area contributed by atoms with Gasteiger partial charge in [-0.2, -0.15) is 26.3 Å². The summed E-state index contributed by atoms with van der Waals surface area (Å²) in [4.78, 5) is 0. The first-order valence-corrected chi connectivity index (χ1v) is 8.44. The van der Waals surface area contributed by atoms with Crippen molar-refractivity contribution in [3.05, 3.63) is 56.8 Å². The molecule has 10 heteroatoms. The van der Waals surface area contributed by atoms with Crippen molar-refractivity contribution >= 4 is 27.5 Å². The highest BCUT2D eigenvalue weighted by Gasteiger charge is 2.74. The van der Waals surface area contributed by atoms with E-state index in [-0.39, 0.29) is 16.5 Å². The van der Waals surface area contributed by atoms with E-state index in [0.29, 0.717) is 12.1 Å². The van der Waals surface area contributed by atoms with Gasteiger partial charge in [-0.15, -0.1) is 0 Å². The minimum absolute atomic E-state index is 0.00513. The molecule has 0 unspecified atom stereocenters. The summed E-state index contributed by atoms with van der Waals surface area (Å²) < 4.78 is 107. The summed E-state index contributed by atoms with van der Waals surface area (Å²) in [6.07, 6.45) is -12.6. The first-order valence-electron chi connectivity index (χ1n) is 7.27. The molecule has 147 valence electrons. The van der Waals surface area contributed by atoms with Crippen LogP contribution in [0.2, 0.25) is 5.02 Å². The van der Waals surface area contributed by atoms with Crippen LogP contribution in [0.5, 0.6) is 0 Å². The van der Waals surface area contributed by atoms with Gasteiger partial charge in [0.15, 0.2) is 0 Å². The second-order valence-corrected chi connectivity index (χ2v) is 6.73. The van der Waals surface area contributed by atoms with E-state index in [1.807, 2.05) is 0 Å². The molecule has 2 rings (SSSR count). The quantitative estimate of drug-likeness (QED) is 0.398. The van der Waals surface area contributed by atoms with Gasteiger partial charge in [-0.3, -0.25) is 0 Å². The standard InChI is InChI=1S/C17H9BrClF8/c1-2-8-5-11(15(21,16(22,23)24)17(25,26)27)14(12(18)6-8)10-4-3-9(20)7-13(10)19/h3-5,7H,2H2,1H3. The molecule has 0 aromatic heterocycles. The fourth-order valence-electron chi connectivity index (χ4n) is 2.49. The maximum Gasteiger partial charge on any atom is 0.435 e. The van der Waals surface area contributed by atoms with Crippen LogP contribution in [-0.4, -0.2) is 12.4 Å². The SMILES string of the molecule is CCc1[c]c(Br)c(-c2ccc(F)cc2Cl)c(C(F)(C(F)(F)F)C(F)(F)F)c1. The third-order valence-electron chi connectivity index (χ3n) is 3.81. The van der Waals surface area contributed by atoms with Crippen molar-refractivity contribution in [3.8, 4) is 11.1 Å². The van der Waals surface area contributed by atoms with Crippen LogP contribution < -0.4 is 0 Å². The molecule has 0 heterocycles. The number of alkyl halides is 7. The van der Waals surface area contributed by atoms with E-state index in [0.717, 1.165) is 12.1 Å². The maximum absolute atomic E-state index is 14.8. The van der Waals surface area contributed by atoms with Crippen molar-refractivity contribution in [1.29, 1.82) is 0 Å². The van der Waals surface area contributed by atoms with Gasteiger partial charge in [0.2, 0.25) is 0 Å². The van der Waals surface area contributed by atoms with Crippen molar-refractivity contribution in [3.63, 3.8) is 0 Å². The zero-order valence-corrected chi connectivity index (χ0v) is 15.6. The molecule has 0 fully saturated rings. The predicted molar refractivity (Wildman–Crippen MR) is 87.7 cm³/mol. The first-order chi connectivity index (χ1) is 12.2. The lowest BCUT2D eigenvalue weighted by Crippen LogP contribution is -2.50. The Hall–Kier alpha value is -1.35. The van der Waals surface area contributed by atoms with Crippen LogP contribution in [0.15, 0.2) is 28.7 Å². The van der Waals surface area contributed by atoms with Crippen molar-refractivity contribution < 1.29 is 35.1 Å². The molecule has 2 aromatic carbocycles. The summed E-state index contributed by atoms with van der Waals surface area (Å²) >= 11 is 8.65. The van der Waals surface area contributed by atoms with Gasteiger partial charge in [0.25, 0.3) is 0 Å². The second-order valence-electron chi connectivity index (χ2n) is 5.53. The van der Waals surface area contributed by atoms with Gasteiger partial charge in [-0.25, -0.2) is 8.78 Å². The molecule has 0 amide bonds. The van der Waals surface area contributed by atoms with E-state index in [1.54, 1.807) is 0 Å². The number of rotatable bonds is 3. The van der Waals surface area contributed by atoms with E-state index >= 15 is 0 Å². The summed E-state index contributed by atoms with van der Waals surface area (Å²) in [5.74, 6) is -0.867. The Morgan fingerprint density at radius 2 is 1.56 bits per heavy atom. The topological polar surface area (TPSA) is 0 Å². The maximum atomic E-state index is 14.8. The van der Waals surface area contributed by atoms with Gasteiger partial charge in [0.05, 0.1) is 5.02 Å². The van der Waals surface area contributed by atoms with Crippen molar-refractivity contribution in [2.24, 2.45) is 0 Å². The minimum atomic E-state index is -6.31. The zero-order chi connectivity index (χ0) is 20.8. The molecule has 0 bridgehead atoms. The summed E-state index contributed by atoms with van der Waals surface area (Å²) in [7, 11) is 0. The highest BCUT2D eigenvalue weighted by atomic mass is 79.9. The number of aryl methyl sites for hydroxylation is 1. The summed E-state index contributed by atoms with van der Waals surface area (Å²) in [6, 6.07) is 5.34. The number of hydrogen-bond acceptors (Lipinski definition) is 0. The van der Waals surface area contributed by atoms with Crippen molar-refractivity contribution in [2.45, 2.75) is 31.4 Å². The Balaban J connectivity index is 2.99. The van der Waals surface area contributed by atoms with Gasteiger partial charge in [0, 0.05) is 27.2 Å². The molecule has 0 saturated heterocycles. The van der Waals surface area contributed by atoms with Crippen LogP contribution in [0.3, 0.4) is 0 Å². The fourth-order valence-corrected chi connectivity index (χ4v) is 3.43. The number of hydrogen-bond donors (Lipinski definition) is 0. The van der Waals surface area contributed by atoms with Crippen molar-refractivity contribution in [2.75, 3.05) is 0 Å². The van der Waals surface area contributed by atoms with Crippen molar-refractivity contribution in [1.82, 2.24) is 0 Å². The van der Waals surface area contributed by atoms with E-state index < -0.39 is 45.6 Å². The van der Waals surface area contributed by atoms with Gasteiger partial charge < -0.3 is 0 Å². The molecular weight excluding hydrogens is 472 g/mol. The highest BCUT2D eigenvalue weighted by Crippen LogP contribution is 2.56. The zero-order valence-electron chi connectivity index (χ0n) is 13.3. The van der Waals surface area contributed by atoms with Crippen LogP contribution in [-0.2, 0) is 12.1 Å². The van der Waals surface area contributed by atoms with Crippen LogP contribution in [0.25, 0.3) is 11.1 Å². The Kier molecular flexibility index (Phi) is 5.88. The average Bonchev–Trinajstić information content (AvgIpc) is 2.52. The van der Waals surface area contributed by atoms with E-state index in [4.69, 9.17) is 11.6 Å². The second kappa shape index (κ2) is 7.24. The molecular formula is C17H9BrClF8. The molecule has 27 heavy (non-hydrogen) atoms. The number of benzene rings is 2. The highest BCUT2D eigenvalue weighted by molar-refractivity contribution is 9.10. The summed E-state index contributed by atoms with van der Waals surface area (Å²) in [5.41, 5.74) is -8.68. The fraction of sp³-hybridized carbons (Fsp3) is 0.294. The lowest BCUT2D eigenvalue weighted by Gasteiger charge is -2.32. The summed E-state index contributed by atoms with van der Waals surface area (Å²) in [6.45, 7) is 1.45. The Labute approximate surface area is 162 Å². The molecule has 0 saturated carbocycles. The van der Waals surface area contributed by atoms with Gasteiger partial charge in [-0.1, -0.05) is 24.6 Å². The molecule has 0 aliphatic heterocycles.